The third-order valence-corrected chi connectivity index (χ3v) is 9.64. The van der Waals surface area contributed by atoms with Crippen LogP contribution in [0.15, 0.2) is 109 Å². The minimum atomic E-state index is -3.87. The molecule has 47 heavy (non-hydrogen) atoms. The van der Waals surface area contributed by atoms with Crippen LogP contribution < -0.4 is 14.4 Å². The highest BCUT2D eigenvalue weighted by Gasteiger charge is 2.34. The van der Waals surface area contributed by atoms with Gasteiger partial charge in [-0.05, 0) is 60.7 Å². The van der Waals surface area contributed by atoms with Crippen LogP contribution >= 0.6 is 0 Å². The summed E-state index contributed by atoms with van der Waals surface area (Å²) in [6, 6.07) is 33.0. The van der Waals surface area contributed by atoms with Crippen LogP contribution in [0, 0.1) is 6.92 Å². The molecule has 1 saturated carbocycles. The van der Waals surface area contributed by atoms with E-state index in [9.17, 15) is 18.0 Å². The number of hydrogen-bond acceptors (Lipinski definition) is 5. The number of aryl methyl sites for hydroxylation is 1. The molecular formula is C38H43N3O5S. The number of carbonyl (C=O) groups is 2. The standard InChI is InChI=1S/C38H43N3O5S/c1-29-17-19-31(20-18-29)26-40(36(25-30-11-5-3-6-12-30)38(43)39-33-15-9-10-16-33)37(42)27-41(47(2,44)45)34-21-23-35(24-22-34)46-28-32-13-7-4-8-14-32/h3-8,11-14,17-24,33,36H,9-10,15-16,25-28H2,1-2H3,(H,39,43)/t36-/m0/s1. The Kier molecular flexibility index (Phi) is 11.3. The molecule has 1 aliphatic rings. The number of rotatable bonds is 14. The van der Waals surface area contributed by atoms with E-state index in [4.69, 9.17) is 4.74 Å². The highest BCUT2D eigenvalue weighted by Crippen LogP contribution is 2.24. The van der Waals surface area contributed by atoms with Crippen LogP contribution in [-0.2, 0) is 39.2 Å². The van der Waals surface area contributed by atoms with Gasteiger partial charge in [0, 0.05) is 19.0 Å². The zero-order valence-electron chi connectivity index (χ0n) is 27.0. The first-order valence-electron chi connectivity index (χ1n) is 16.1. The van der Waals surface area contributed by atoms with E-state index in [1.165, 1.54) is 4.90 Å². The summed E-state index contributed by atoms with van der Waals surface area (Å²) < 4.78 is 33.3. The lowest BCUT2D eigenvalue weighted by Crippen LogP contribution is -2.54. The minimum absolute atomic E-state index is 0.0623. The van der Waals surface area contributed by atoms with E-state index < -0.39 is 28.5 Å². The van der Waals surface area contributed by atoms with Crippen LogP contribution in [0.25, 0.3) is 0 Å². The van der Waals surface area contributed by atoms with Crippen molar-refractivity contribution < 1.29 is 22.7 Å². The summed E-state index contributed by atoms with van der Waals surface area (Å²) >= 11 is 0. The lowest BCUT2D eigenvalue weighted by molar-refractivity contribution is -0.140. The molecule has 1 N–H and O–H groups in total. The molecule has 8 nitrogen and oxygen atoms in total. The van der Waals surface area contributed by atoms with Crippen molar-refractivity contribution in [3.8, 4) is 5.75 Å². The maximum Gasteiger partial charge on any atom is 0.244 e. The third kappa shape index (κ3) is 9.68. The van der Waals surface area contributed by atoms with Gasteiger partial charge in [-0.3, -0.25) is 13.9 Å². The highest BCUT2D eigenvalue weighted by molar-refractivity contribution is 7.92. The molecule has 246 valence electrons. The van der Waals surface area contributed by atoms with E-state index in [2.05, 4.69) is 5.32 Å². The fourth-order valence-electron chi connectivity index (χ4n) is 5.87. The van der Waals surface area contributed by atoms with E-state index in [1.807, 2.05) is 91.9 Å². The molecule has 4 aromatic rings. The molecule has 0 heterocycles. The molecule has 4 aromatic carbocycles. The topological polar surface area (TPSA) is 96.0 Å². The van der Waals surface area contributed by atoms with Crippen LogP contribution in [0.1, 0.15) is 47.9 Å². The molecule has 0 spiro atoms. The SMILES string of the molecule is Cc1ccc(CN(C(=O)CN(c2ccc(OCc3ccccc3)cc2)S(C)(=O)=O)[C@@H](Cc2ccccc2)C(=O)NC2CCCC2)cc1. The van der Waals surface area contributed by atoms with Crippen molar-refractivity contribution in [1.29, 1.82) is 0 Å². The zero-order chi connectivity index (χ0) is 33.2. The smallest absolute Gasteiger partial charge is 0.244 e. The van der Waals surface area contributed by atoms with Gasteiger partial charge in [0.05, 0.1) is 11.9 Å². The van der Waals surface area contributed by atoms with Gasteiger partial charge in [-0.25, -0.2) is 8.42 Å². The molecule has 0 saturated heterocycles. The van der Waals surface area contributed by atoms with E-state index in [0.29, 0.717) is 24.5 Å². The van der Waals surface area contributed by atoms with Gasteiger partial charge < -0.3 is 15.0 Å². The summed E-state index contributed by atoms with van der Waals surface area (Å²) in [6.07, 6.45) is 5.30. The normalized spacial score (nSPS) is 13.9. The lowest BCUT2D eigenvalue weighted by atomic mass is 10.0. The Morgan fingerprint density at radius 1 is 0.809 bits per heavy atom. The summed E-state index contributed by atoms with van der Waals surface area (Å²) in [7, 11) is -3.87. The van der Waals surface area contributed by atoms with Crippen LogP contribution in [0.2, 0.25) is 0 Å². The fourth-order valence-corrected chi connectivity index (χ4v) is 6.72. The average Bonchev–Trinajstić information content (AvgIpc) is 3.59. The summed E-state index contributed by atoms with van der Waals surface area (Å²) in [5.41, 5.74) is 4.17. The molecule has 1 atom stereocenters. The van der Waals surface area contributed by atoms with Crippen molar-refractivity contribution in [3.63, 3.8) is 0 Å². The van der Waals surface area contributed by atoms with Crippen molar-refractivity contribution >= 4 is 27.5 Å². The van der Waals surface area contributed by atoms with E-state index in [-0.39, 0.29) is 18.5 Å². The van der Waals surface area contributed by atoms with E-state index in [0.717, 1.165) is 58.5 Å². The van der Waals surface area contributed by atoms with Crippen LogP contribution in [0.4, 0.5) is 5.69 Å². The molecule has 0 bridgehead atoms. The highest BCUT2D eigenvalue weighted by atomic mass is 32.2. The minimum Gasteiger partial charge on any atom is -0.489 e. The molecule has 0 aromatic heterocycles. The lowest BCUT2D eigenvalue weighted by Gasteiger charge is -2.34. The number of nitrogens with zero attached hydrogens (tertiary/aromatic N) is 2. The van der Waals surface area contributed by atoms with Gasteiger partial charge >= 0.3 is 0 Å². The molecule has 9 heteroatoms. The number of carbonyl (C=O) groups excluding carboxylic acids is 2. The molecule has 1 aliphatic carbocycles. The predicted molar refractivity (Wildman–Crippen MR) is 185 cm³/mol. The Bertz CT molecular complexity index is 1710. The average molecular weight is 654 g/mol. The van der Waals surface area contributed by atoms with Crippen LogP contribution in [0.5, 0.6) is 5.75 Å². The van der Waals surface area contributed by atoms with Gasteiger partial charge in [0.15, 0.2) is 0 Å². The second-order valence-corrected chi connectivity index (χ2v) is 14.1. The summed E-state index contributed by atoms with van der Waals surface area (Å²) in [4.78, 5) is 29.9. The van der Waals surface area contributed by atoms with Gasteiger partial charge in [-0.15, -0.1) is 0 Å². The van der Waals surface area contributed by atoms with Crippen LogP contribution in [-0.4, -0.2) is 50.0 Å². The molecule has 5 rings (SSSR count). The Morgan fingerprint density at radius 2 is 1.40 bits per heavy atom. The molecule has 0 unspecified atom stereocenters. The predicted octanol–water partition coefficient (Wildman–Crippen LogP) is 6.04. The van der Waals surface area contributed by atoms with Gasteiger partial charge in [0.2, 0.25) is 21.8 Å². The second-order valence-electron chi connectivity index (χ2n) is 12.2. The first-order valence-corrected chi connectivity index (χ1v) is 17.9. The molecule has 0 radical (unpaired) electrons. The fraction of sp³-hybridized carbons (Fsp3) is 0.316. The number of amides is 2. The quantitative estimate of drug-likeness (QED) is 0.179. The van der Waals surface area contributed by atoms with Crippen LogP contribution in [0.3, 0.4) is 0 Å². The third-order valence-electron chi connectivity index (χ3n) is 8.50. The Labute approximate surface area is 278 Å². The summed E-state index contributed by atoms with van der Waals surface area (Å²) in [5, 5.41) is 3.20. The number of ether oxygens (including phenoxy) is 1. The Morgan fingerprint density at radius 3 is 2.00 bits per heavy atom. The number of hydrogen-bond donors (Lipinski definition) is 1. The molecule has 2 amide bonds. The Hall–Kier alpha value is -4.63. The summed E-state index contributed by atoms with van der Waals surface area (Å²) in [5.74, 6) is -0.125. The van der Waals surface area contributed by atoms with Crippen molar-refractivity contribution in [2.24, 2.45) is 0 Å². The number of nitrogens with one attached hydrogen (secondary N) is 1. The van der Waals surface area contributed by atoms with E-state index in [1.54, 1.807) is 24.3 Å². The van der Waals surface area contributed by atoms with Gasteiger partial charge in [0.25, 0.3) is 0 Å². The van der Waals surface area contributed by atoms with Crippen molar-refractivity contribution in [3.05, 3.63) is 131 Å². The Balaban J connectivity index is 1.42. The first kappa shape index (κ1) is 33.7. The zero-order valence-corrected chi connectivity index (χ0v) is 27.9. The van der Waals surface area contributed by atoms with Crippen molar-refractivity contribution in [1.82, 2.24) is 10.2 Å². The monoisotopic (exact) mass is 653 g/mol. The van der Waals surface area contributed by atoms with E-state index >= 15 is 0 Å². The first-order chi connectivity index (χ1) is 22.7. The largest absolute Gasteiger partial charge is 0.489 e. The van der Waals surface area contributed by atoms with Gasteiger partial charge in [-0.2, -0.15) is 0 Å². The molecule has 1 fully saturated rings. The van der Waals surface area contributed by atoms with Gasteiger partial charge in [0.1, 0.15) is 24.9 Å². The maximum absolute atomic E-state index is 14.4. The second kappa shape index (κ2) is 15.8. The number of anilines is 1. The summed E-state index contributed by atoms with van der Waals surface area (Å²) in [6.45, 7) is 2.05. The molecule has 0 aliphatic heterocycles. The van der Waals surface area contributed by atoms with Crippen molar-refractivity contribution in [2.75, 3.05) is 17.1 Å². The van der Waals surface area contributed by atoms with Crippen molar-refractivity contribution in [2.45, 2.75) is 64.3 Å². The number of benzene rings is 4. The molecular weight excluding hydrogens is 611 g/mol. The maximum atomic E-state index is 14.4. The van der Waals surface area contributed by atoms with Gasteiger partial charge in [-0.1, -0.05) is 103 Å². The number of sulfonamides is 1.